The first kappa shape index (κ1) is 12.8. The first-order chi connectivity index (χ1) is 6.77. The molecule has 1 aliphatic rings. The van der Waals surface area contributed by atoms with Crippen LogP contribution in [-0.2, 0) is 0 Å². The summed E-state index contributed by atoms with van der Waals surface area (Å²) in [6.07, 6.45) is 3.86. The van der Waals surface area contributed by atoms with Gasteiger partial charge in [0.2, 0.25) is 0 Å². The molecule has 84 valence electrons. The van der Waals surface area contributed by atoms with E-state index in [1.807, 2.05) is 6.92 Å². The number of benzene rings is 1. The van der Waals surface area contributed by atoms with E-state index in [2.05, 4.69) is 23.5 Å². The van der Waals surface area contributed by atoms with Gasteiger partial charge in [-0.3, -0.25) is 0 Å². The van der Waals surface area contributed by atoms with E-state index >= 15 is 0 Å². The molecule has 0 aliphatic carbocycles. The van der Waals surface area contributed by atoms with Crippen molar-refractivity contribution in [1.82, 2.24) is 5.32 Å². The lowest BCUT2D eigenvalue weighted by Gasteiger charge is -2.24. The molecule has 0 aromatic heterocycles. The third-order valence-corrected chi connectivity index (χ3v) is 3.32. The van der Waals surface area contributed by atoms with Gasteiger partial charge in [-0.05, 0) is 43.5 Å². The van der Waals surface area contributed by atoms with Crippen molar-refractivity contribution in [2.45, 2.75) is 32.2 Å². The van der Waals surface area contributed by atoms with Gasteiger partial charge in [-0.1, -0.05) is 30.2 Å². The van der Waals surface area contributed by atoms with Crippen LogP contribution in [0.2, 0.25) is 5.02 Å². The molecule has 2 rings (SSSR count). The van der Waals surface area contributed by atoms with Crippen molar-refractivity contribution in [1.29, 1.82) is 0 Å². The molecule has 1 N–H and O–H groups in total. The van der Waals surface area contributed by atoms with Crippen LogP contribution in [0.25, 0.3) is 0 Å². The first-order valence-electron chi connectivity index (χ1n) is 5.27. The molecule has 1 saturated heterocycles. The predicted molar refractivity (Wildman–Crippen MR) is 68.0 cm³/mol. The quantitative estimate of drug-likeness (QED) is 0.792. The van der Waals surface area contributed by atoms with Gasteiger partial charge in [-0.2, -0.15) is 0 Å². The highest BCUT2D eigenvalue weighted by Crippen LogP contribution is 2.26. The Balaban J connectivity index is 0.00000112. The molecule has 0 spiro atoms. The summed E-state index contributed by atoms with van der Waals surface area (Å²) in [6.45, 7) is 3.18. The number of halogens is 2. The van der Waals surface area contributed by atoms with Crippen LogP contribution in [0, 0.1) is 6.92 Å². The van der Waals surface area contributed by atoms with Crippen LogP contribution in [0.15, 0.2) is 18.2 Å². The number of aryl methyl sites for hydroxylation is 1. The van der Waals surface area contributed by atoms with Gasteiger partial charge in [0, 0.05) is 11.1 Å². The summed E-state index contributed by atoms with van der Waals surface area (Å²) in [4.78, 5) is 0. The van der Waals surface area contributed by atoms with E-state index in [-0.39, 0.29) is 12.4 Å². The van der Waals surface area contributed by atoms with Gasteiger partial charge in [0.05, 0.1) is 0 Å². The minimum atomic E-state index is 0. The fourth-order valence-electron chi connectivity index (χ4n) is 1.96. The molecular formula is C12H17Cl2N. The third-order valence-electron chi connectivity index (χ3n) is 2.91. The van der Waals surface area contributed by atoms with Crippen molar-refractivity contribution < 1.29 is 0 Å². The normalized spacial score (nSPS) is 20.8. The van der Waals surface area contributed by atoms with Crippen LogP contribution in [0.4, 0.5) is 0 Å². The van der Waals surface area contributed by atoms with E-state index in [0.717, 1.165) is 17.1 Å². The highest BCUT2D eigenvalue weighted by Gasteiger charge is 2.14. The van der Waals surface area contributed by atoms with Crippen molar-refractivity contribution >= 4 is 24.0 Å². The van der Waals surface area contributed by atoms with Crippen LogP contribution in [0.3, 0.4) is 0 Å². The van der Waals surface area contributed by atoms with E-state index in [9.17, 15) is 0 Å². The smallest absolute Gasteiger partial charge is 0.0438 e. The van der Waals surface area contributed by atoms with Crippen molar-refractivity contribution in [2.75, 3.05) is 6.54 Å². The standard InChI is InChI=1S/C12H16ClN.ClH/c1-9-5-6-10(8-11(9)13)12-4-2-3-7-14-12;/h5-6,8,12,14H,2-4,7H2,1H3;1H/t12-;/m1./s1. The number of hydrogen-bond acceptors (Lipinski definition) is 1. The Morgan fingerprint density at radius 1 is 1.33 bits per heavy atom. The monoisotopic (exact) mass is 245 g/mol. The minimum Gasteiger partial charge on any atom is -0.310 e. The maximum absolute atomic E-state index is 6.11. The Labute approximate surface area is 103 Å². The fraction of sp³-hybridized carbons (Fsp3) is 0.500. The van der Waals surface area contributed by atoms with E-state index < -0.39 is 0 Å². The molecule has 0 radical (unpaired) electrons. The Kier molecular flexibility index (Phi) is 4.91. The van der Waals surface area contributed by atoms with E-state index in [4.69, 9.17) is 11.6 Å². The molecule has 0 bridgehead atoms. The average molecular weight is 246 g/mol. The van der Waals surface area contributed by atoms with Crippen molar-refractivity contribution in [3.8, 4) is 0 Å². The minimum absolute atomic E-state index is 0. The average Bonchev–Trinajstić information content (AvgIpc) is 2.23. The number of rotatable bonds is 1. The Morgan fingerprint density at radius 3 is 2.73 bits per heavy atom. The molecule has 0 saturated carbocycles. The summed E-state index contributed by atoms with van der Waals surface area (Å²) in [5, 5.41) is 4.41. The Bertz CT molecular complexity index is 319. The molecule has 0 unspecified atom stereocenters. The number of nitrogens with one attached hydrogen (secondary N) is 1. The third kappa shape index (κ3) is 3.10. The summed E-state index contributed by atoms with van der Waals surface area (Å²) in [6, 6.07) is 6.90. The van der Waals surface area contributed by atoms with Crippen LogP contribution in [0.1, 0.15) is 36.4 Å². The molecule has 1 aromatic carbocycles. The molecule has 1 aromatic rings. The molecule has 15 heavy (non-hydrogen) atoms. The summed E-state index contributed by atoms with van der Waals surface area (Å²) < 4.78 is 0. The highest BCUT2D eigenvalue weighted by atomic mass is 35.5. The second-order valence-corrected chi connectivity index (χ2v) is 4.42. The molecule has 1 heterocycles. The lowest BCUT2D eigenvalue weighted by atomic mass is 9.97. The van der Waals surface area contributed by atoms with E-state index in [1.54, 1.807) is 0 Å². The Hall–Kier alpha value is -0.240. The molecule has 1 aliphatic heterocycles. The van der Waals surface area contributed by atoms with Gasteiger partial charge in [0.25, 0.3) is 0 Å². The van der Waals surface area contributed by atoms with Gasteiger partial charge in [-0.25, -0.2) is 0 Å². The van der Waals surface area contributed by atoms with Gasteiger partial charge in [-0.15, -0.1) is 12.4 Å². The zero-order chi connectivity index (χ0) is 9.97. The first-order valence-corrected chi connectivity index (χ1v) is 5.64. The van der Waals surface area contributed by atoms with Crippen LogP contribution in [-0.4, -0.2) is 6.54 Å². The zero-order valence-electron chi connectivity index (χ0n) is 8.92. The zero-order valence-corrected chi connectivity index (χ0v) is 10.5. The van der Waals surface area contributed by atoms with Gasteiger partial charge in [0.15, 0.2) is 0 Å². The lowest BCUT2D eigenvalue weighted by Crippen LogP contribution is -2.26. The maximum atomic E-state index is 6.11. The van der Waals surface area contributed by atoms with Crippen LogP contribution in [0.5, 0.6) is 0 Å². The molecule has 3 heteroatoms. The highest BCUT2D eigenvalue weighted by molar-refractivity contribution is 6.31. The molecular weight excluding hydrogens is 229 g/mol. The summed E-state index contributed by atoms with van der Waals surface area (Å²) in [5.74, 6) is 0. The largest absolute Gasteiger partial charge is 0.310 e. The fourth-order valence-corrected chi connectivity index (χ4v) is 2.15. The predicted octanol–water partition coefficient (Wildman–Crippen LogP) is 3.88. The molecule has 1 fully saturated rings. The van der Waals surface area contributed by atoms with E-state index in [0.29, 0.717) is 6.04 Å². The van der Waals surface area contributed by atoms with Gasteiger partial charge < -0.3 is 5.32 Å². The SMILES string of the molecule is Cc1ccc([C@H]2CCCCN2)cc1Cl.Cl. The molecule has 1 atom stereocenters. The summed E-state index contributed by atoms with van der Waals surface area (Å²) >= 11 is 6.11. The van der Waals surface area contributed by atoms with Crippen molar-refractivity contribution in [3.05, 3.63) is 34.3 Å². The van der Waals surface area contributed by atoms with E-state index in [1.165, 1.54) is 24.8 Å². The molecule has 1 nitrogen and oxygen atoms in total. The van der Waals surface area contributed by atoms with Crippen molar-refractivity contribution in [2.24, 2.45) is 0 Å². The number of piperidine rings is 1. The van der Waals surface area contributed by atoms with Crippen molar-refractivity contribution in [3.63, 3.8) is 0 Å². The van der Waals surface area contributed by atoms with Gasteiger partial charge >= 0.3 is 0 Å². The van der Waals surface area contributed by atoms with Crippen LogP contribution < -0.4 is 5.32 Å². The second kappa shape index (κ2) is 5.74. The van der Waals surface area contributed by atoms with Crippen LogP contribution >= 0.6 is 24.0 Å². The summed E-state index contributed by atoms with van der Waals surface area (Å²) in [7, 11) is 0. The number of hydrogen-bond donors (Lipinski definition) is 1. The maximum Gasteiger partial charge on any atom is 0.0438 e. The summed E-state index contributed by atoms with van der Waals surface area (Å²) in [5.41, 5.74) is 2.49. The van der Waals surface area contributed by atoms with Gasteiger partial charge in [0.1, 0.15) is 0 Å². The lowest BCUT2D eigenvalue weighted by molar-refractivity contribution is 0.412. The topological polar surface area (TPSA) is 12.0 Å². The second-order valence-electron chi connectivity index (χ2n) is 4.01. The molecule has 0 amide bonds. The Morgan fingerprint density at radius 2 is 2.13 bits per heavy atom.